The number of nitrogens with one attached hydrogen (secondary N) is 1. The number of benzene rings is 3. The van der Waals surface area contributed by atoms with Gasteiger partial charge >= 0.3 is 0 Å². The van der Waals surface area contributed by atoms with Crippen LogP contribution < -0.4 is 10.2 Å². The van der Waals surface area contributed by atoms with Gasteiger partial charge in [-0.15, -0.1) is 0 Å². The van der Waals surface area contributed by atoms with Crippen LogP contribution in [0.3, 0.4) is 0 Å². The molecule has 1 amide bonds. The van der Waals surface area contributed by atoms with Crippen LogP contribution in [0.4, 0.5) is 0 Å². The lowest BCUT2D eigenvalue weighted by Gasteiger charge is -2.08. The number of ether oxygens (including phenoxy) is 1. The van der Waals surface area contributed by atoms with Crippen molar-refractivity contribution in [2.75, 3.05) is 7.11 Å². The molecule has 0 spiro atoms. The number of amides is 1. The lowest BCUT2D eigenvalue weighted by atomic mass is 10.0. The van der Waals surface area contributed by atoms with E-state index < -0.39 is 5.91 Å². The minimum Gasteiger partial charge on any atom is -0.497 e. The fourth-order valence-corrected chi connectivity index (χ4v) is 3.43. The Morgan fingerprint density at radius 2 is 1.67 bits per heavy atom. The summed E-state index contributed by atoms with van der Waals surface area (Å²) in [5.74, 6) is 0.0538. The number of aromatic nitrogens is 1. The van der Waals surface area contributed by atoms with Crippen molar-refractivity contribution in [3.05, 3.63) is 101 Å². The highest BCUT2D eigenvalue weighted by Gasteiger charge is 2.12. The molecule has 0 saturated carbocycles. The SMILES string of the molecule is COc1cccc(C(=O)c2ccc3c(ccn3Cc3ccc(C(=O)NO)cc3)c2)c1. The first kappa shape index (κ1) is 19.4. The molecule has 2 N–H and O–H groups in total. The van der Waals surface area contributed by atoms with Crippen LogP contribution in [0.5, 0.6) is 5.75 Å². The van der Waals surface area contributed by atoms with Crippen LogP contribution in [0.25, 0.3) is 10.9 Å². The van der Waals surface area contributed by atoms with Gasteiger partial charge < -0.3 is 9.30 Å². The fraction of sp³-hybridized carbons (Fsp3) is 0.0833. The Balaban J connectivity index is 1.57. The quantitative estimate of drug-likeness (QED) is 0.291. The average molecular weight is 400 g/mol. The van der Waals surface area contributed by atoms with Gasteiger partial charge in [0.05, 0.1) is 7.11 Å². The summed E-state index contributed by atoms with van der Waals surface area (Å²) in [6.07, 6.45) is 1.97. The van der Waals surface area contributed by atoms with Crippen LogP contribution in [0, 0.1) is 0 Å². The summed E-state index contributed by atoms with van der Waals surface area (Å²) in [4.78, 5) is 24.3. The van der Waals surface area contributed by atoms with Gasteiger partial charge in [0, 0.05) is 40.3 Å². The maximum absolute atomic E-state index is 12.9. The molecule has 6 nitrogen and oxygen atoms in total. The van der Waals surface area contributed by atoms with E-state index in [0.29, 0.717) is 29.0 Å². The van der Waals surface area contributed by atoms with Crippen LogP contribution in [0.1, 0.15) is 31.8 Å². The van der Waals surface area contributed by atoms with Gasteiger partial charge in [0.1, 0.15) is 5.75 Å². The Labute approximate surface area is 173 Å². The molecular weight excluding hydrogens is 380 g/mol. The molecular formula is C24H20N2O4. The van der Waals surface area contributed by atoms with E-state index in [1.54, 1.807) is 42.9 Å². The number of methoxy groups -OCH3 is 1. The van der Waals surface area contributed by atoms with Crippen molar-refractivity contribution >= 4 is 22.6 Å². The Morgan fingerprint density at radius 3 is 2.40 bits per heavy atom. The zero-order valence-corrected chi connectivity index (χ0v) is 16.3. The number of hydrogen-bond acceptors (Lipinski definition) is 4. The predicted octanol–water partition coefficient (Wildman–Crippen LogP) is 4.05. The van der Waals surface area contributed by atoms with E-state index in [0.717, 1.165) is 16.5 Å². The normalized spacial score (nSPS) is 10.7. The molecule has 1 heterocycles. The zero-order valence-electron chi connectivity index (χ0n) is 16.3. The van der Waals surface area contributed by atoms with Gasteiger partial charge in [0.2, 0.25) is 0 Å². The van der Waals surface area contributed by atoms with Gasteiger partial charge in [-0.3, -0.25) is 14.8 Å². The molecule has 0 fully saturated rings. The Kier molecular flexibility index (Phi) is 5.32. The number of nitrogens with zero attached hydrogens (tertiary/aromatic N) is 1. The minimum atomic E-state index is -0.541. The monoisotopic (exact) mass is 400 g/mol. The predicted molar refractivity (Wildman–Crippen MR) is 113 cm³/mol. The number of ketones is 1. The Hall–Kier alpha value is -3.90. The highest BCUT2D eigenvalue weighted by molar-refractivity contribution is 6.10. The fourth-order valence-electron chi connectivity index (χ4n) is 3.43. The van der Waals surface area contributed by atoms with Crippen molar-refractivity contribution in [1.29, 1.82) is 0 Å². The molecule has 4 rings (SSSR count). The van der Waals surface area contributed by atoms with Gasteiger partial charge in [-0.1, -0.05) is 24.3 Å². The van der Waals surface area contributed by atoms with Crippen molar-refractivity contribution in [3.8, 4) is 5.75 Å². The maximum atomic E-state index is 12.9. The van der Waals surface area contributed by atoms with E-state index in [1.807, 2.05) is 48.7 Å². The van der Waals surface area contributed by atoms with Gasteiger partial charge in [-0.05, 0) is 54.1 Å². The topological polar surface area (TPSA) is 80.6 Å². The second-order valence-electron chi connectivity index (χ2n) is 6.92. The number of carbonyl (C=O) groups is 2. The molecule has 0 aliphatic carbocycles. The summed E-state index contributed by atoms with van der Waals surface area (Å²) in [7, 11) is 1.58. The third-order valence-electron chi connectivity index (χ3n) is 5.04. The Morgan fingerprint density at radius 1 is 0.933 bits per heavy atom. The highest BCUT2D eigenvalue weighted by Crippen LogP contribution is 2.22. The first-order chi connectivity index (χ1) is 14.6. The van der Waals surface area contributed by atoms with Crippen molar-refractivity contribution in [3.63, 3.8) is 0 Å². The number of carbonyl (C=O) groups excluding carboxylic acids is 2. The molecule has 4 aromatic rings. The van der Waals surface area contributed by atoms with Crippen LogP contribution in [-0.2, 0) is 6.54 Å². The second-order valence-corrected chi connectivity index (χ2v) is 6.92. The number of hydroxylamine groups is 1. The lowest BCUT2D eigenvalue weighted by molar-refractivity contribution is 0.0706. The molecule has 0 bridgehead atoms. The molecule has 6 heteroatoms. The molecule has 1 aromatic heterocycles. The van der Waals surface area contributed by atoms with E-state index in [-0.39, 0.29) is 5.78 Å². The highest BCUT2D eigenvalue weighted by atomic mass is 16.5. The first-order valence-corrected chi connectivity index (χ1v) is 9.40. The van der Waals surface area contributed by atoms with Gasteiger partial charge in [0.25, 0.3) is 5.91 Å². The molecule has 0 atom stereocenters. The first-order valence-electron chi connectivity index (χ1n) is 9.40. The summed E-state index contributed by atoms with van der Waals surface area (Å²) in [5, 5.41) is 9.68. The Bertz CT molecular complexity index is 1230. The number of hydrogen-bond donors (Lipinski definition) is 2. The van der Waals surface area contributed by atoms with E-state index in [1.165, 1.54) is 0 Å². The number of fused-ring (bicyclic) bond motifs is 1. The standard InChI is InChI=1S/C24H20N2O4/c1-30-21-4-2-3-19(14-21)23(27)20-9-10-22-18(13-20)11-12-26(22)15-16-5-7-17(8-6-16)24(28)25-29/h2-14,29H,15H2,1H3,(H,25,28). The summed E-state index contributed by atoms with van der Waals surface area (Å²) in [6.45, 7) is 0.619. The summed E-state index contributed by atoms with van der Waals surface area (Å²) >= 11 is 0. The van der Waals surface area contributed by atoms with Gasteiger partial charge in [-0.25, -0.2) is 5.48 Å². The molecule has 150 valence electrons. The second kappa shape index (κ2) is 8.23. The van der Waals surface area contributed by atoms with E-state index >= 15 is 0 Å². The van der Waals surface area contributed by atoms with Crippen molar-refractivity contribution < 1.29 is 19.5 Å². The summed E-state index contributed by atoms with van der Waals surface area (Å²) < 4.78 is 7.29. The molecule has 0 unspecified atom stereocenters. The summed E-state index contributed by atoms with van der Waals surface area (Å²) in [5.41, 5.74) is 5.24. The number of rotatable bonds is 6. The molecule has 30 heavy (non-hydrogen) atoms. The van der Waals surface area contributed by atoms with Crippen molar-refractivity contribution in [2.24, 2.45) is 0 Å². The zero-order chi connectivity index (χ0) is 21.1. The molecule has 0 aliphatic heterocycles. The largest absolute Gasteiger partial charge is 0.497 e. The van der Waals surface area contributed by atoms with Gasteiger partial charge in [-0.2, -0.15) is 0 Å². The minimum absolute atomic E-state index is 0.0544. The summed E-state index contributed by atoms with van der Waals surface area (Å²) in [6, 6.07) is 21.8. The average Bonchev–Trinajstić information content (AvgIpc) is 3.20. The van der Waals surface area contributed by atoms with E-state index in [4.69, 9.17) is 9.94 Å². The molecule has 0 saturated heterocycles. The van der Waals surface area contributed by atoms with E-state index in [9.17, 15) is 9.59 Å². The lowest BCUT2D eigenvalue weighted by Crippen LogP contribution is -2.18. The van der Waals surface area contributed by atoms with Crippen LogP contribution in [-0.4, -0.2) is 28.6 Å². The molecule has 3 aromatic carbocycles. The molecule has 0 aliphatic rings. The van der Waals surface area contributed by atoms with Crippen LogP contribution in [0.15, 0.2) is 79.0 Å². The molecule has 0 radical (unpaired) electrons. The maximum Gasteiger partial charge on any atom is 0.274 e. The van der Waals surface area contributed by atoms with Crippen LogP contribution in [0.2, 0.25) is 0 Å². The van der Waals surface area contributed by atoms with E-state index in [2.05, 4.69) is 4.57 Å². The van der Waals surface area contributed by atoms with Crippen LogP contribution >= 0.6 is 0 Å². The third kappa shape index (κ3) is 3.81. The van der Waals surface area contributed by atoms with Crippen molar-refractivity contribution in [2.45, 2.75) is 6.54 Å². The smallest absolute Gasteiger partial charge is 0.274 e. The van der Waals surface area contributed by atoms with Crippen molar-refractivity contribution in [1.82, 2.24) is 10.0 Å². The third-order valence-corrected chi connectivity index (χ3v) is 5.04. The van der Waals surface area contributed by atoms with Gasteiger partial charge in [0.15, 0.2) is 5.78 Å².